The molecule has 4 nitrogen and oxygen atoms in total. The van der Waals surface area contributed by atoms with Crippen molar-refractivity contribution in [1.29, 1.82) is 0 Å². The second kappa shape index (κ2) is 9.19. The molecule has 0 unspecified atom stereocenters. The van der Waals surface area contributed by atoms with Crippen LogP contribution in [0.1, 0.15) is 32.6 Å². The lowest BCUT2D eigenvalue weighted by Gasteiger charge is -2.09. The molecule has 0 aliphatic carbocycles. The minimum absolute atomic E-state index is 0.517. The summed E-state index contributed by atoms with van der Waals surface area (Å²) in [4.78, 5) is 4.47. The number of hydrogen-bond acceptors (Lipinski definition) is 4. The van der Waals surface area contributed by atoms with Crippen LogP contribution < -0.4 is 9.47 Å². The highest BCUT2D eigenvalue weighted by Crippen LogP contribution is 2.33. The number of nitrogens with zero attached hydrogens (tertiary/aromatic N) is 2. The van der Waals surface area contributed by atoms with Crippen LogP contribution in [0.2, 0.25) is 5.02 Å². The average Bonchev–Trinajstić information content (AvgIpc) is 3.05. The van der Waals surface area contributed by atoms with Crippen molar-refractivity contribution >= 4 is 34.6 Å². The minimum Gasteiger partial charge on any atom is -0.497 e. The number of halogens is 1. The monoisotopic (exact) mass is 390 g/mol. The first kappa shape index (κ1) is 18.9. The van der Waals surface area contributed by atoms with Gasteiger partial charge in [-0.2, -0.15) is 0 Å². The van der Waals surface area contributed by atoms with E-state index in [1.54, 1.807) is 25.1 Å². The Kier molecular flexibility index (Phi) is 6.69. The molecule has 0 N–H and O–H groups in total. The van der Waals surface area contributed by atoms with Crippen LogP contribution in [0.3, 0.4) is 0 Å². The molecular formula is C20H23ClN2O2S. The first-order valence-electron chi connectivity index (χ1n) is 8.83. The minimum atomic E-state index is 0.517. The molecule has 0 saturated carbocycles. The second-order valence-electron chi connectivity index (χ2n) is 6.01. The van der Waals surface area contributed by atoms with E-state index in [9.17, 15) is 0 Å². The second-order valence-corrected chi connectivity index (χ2v) is 7.48. The highest BCUT2D eigenvalue weighted by Gasteiger charge is 2.08. The van der Waals surface area contributed by atoms with Crippen molar-refractivity contribution < 1.29 is 9.47 Å². The number of hydrogen-bond donors (Lipinski definition) is 0. The quantitative estimate of drug-likeness (QED) is 0.387. The summed E-state index contributed by atoms with van der Waals surface area (Å²) in [7, 11) is 1.61. The lowest BCUT2D eigenvalue weighted by atomic mass is 10.2. The maximum absolute atomic E-state index is 6.27. The van der Waals surface area contributed by atoms with E-state index in [1.807, 2.05) is 36.7 Å². The van der Waals surface area contributed by atoms with Gasteiger partial charge in [-0.05, 0) is 42.6 Å². The van der Waals surface area contributed by atoms with Crippen LogP contribution >= 0.6 is 23.5 Å². The summed E-state index contributed by atoms with van der Waals surface area (Å²) in [6.07, 6.45) is 6.93. The molecule has 0 amide bonds. The van der Waals surface area contributed by atoms with Gasteiger partial charge in [0.25, 0.3) is 0 Å². The molecule has 0 spiro atoms. The van der Waals surface area contributed by atoms with Gasteiger partial charge in [0.05, 0.1) is 23.2 Å². The molecule has 26 heavy (non-hydrogen) atoms. The fraction of sp³-hybridized carbons (Fsp3) is 0.350. The van der Waals surface area contributed by atoms with Gasteiger partial charge in [0.1, 0.15) is 23.6 Å². The molecule has 3 aromatic rings. The van der Waals surface area contributed by atoms with Crippen LogP contribution in [0.15, 0.2) is 42.7 Å². The van der Waals surface area contributed by atoms with E-state index in [-0.39, 0.29) is 0 Å². The molecule has 1 heterocycles. The van der Waals surface area contributed by atoms with E-state index in [0.29, 0.717) is 16.5 Å². The summed E-state index contributed by atoms with van der Waals surface area (Å²) in [6, 6.07) is 11.3. The van der Waals surface area contributed by atoms with Crippen molar-refractivity contribution in [2.75, 3.05) is 12.9 Å². The van der Waals surface area contributed by atoms with Gasteiger partial charge in [0.2, 0.25) is 0 Å². The smallest absolute Gasteiger partial charge is 0.146 e. The van der Waals surface area contributed by atoms with Gasteiger partial charge in [0, 0.05) is 17.9 Å². The van der Waals surface area contributed by atoms with Gasteiger partial charge in [-0.25, -0.2) is 4.98 Å². The highest BCUT2D eigenvalue weighted by atomic mass is 35.5. The lowest BCUT2D eigenvalue weighted by molar-refractivity contribution is 0.413. The Hall–Kier alpha value is -1.85. The molecule has 138 valence electrons. The zero-order valence-corrected chi connectivity index (χ0v) is 16.6. The Bertz CT molecular complexity index is 866. The molecule has 2 aromatic carbocycles. The Balaban J connectivity index is 1.72. The largest absolute Gasteiger partial charge is 0.497 e. The highest BCUT2D eigenvalue weighted by molar-refractivity contribution is 7.97. The van der Waals surface area contributed by atoms with E-state index in [1.165, 1.54) is 25.7 Å². The fourth-order valence-corrected chi connectivity index (χ4v) is 3.78. The summed E-state index contributed by atoms with van der Waals surface area (Å²) < 4.78 is 13.2. The Morgan fingerprint density at radius 3 is 2.69 bits per heavy atom. The number of fused-ring (bicyclic) bond motifs is 1. The van der Waals surface area contributed by atoms with Crippen molar-refractivity contribution in [3.05, 3.63) is 47.7 Å². The molecule has 0 atom stereocenters. The van der Waals surface area contributed by atoms with Crippen molar-refractivity contribution in [1.82, 2.24) is 8.96 Å². The molecule has 0 aliphatic rings. The van der Waals surface area contributed by atoms with Crippen LogP contribution in [0.5, 0.6) is 17.2 Å². The number of methoxy groups -OCH3 is 1. The zero-order valence-electron chi connectivity index (χ0n) is 15.1. The maximum Gasteiger partial charge on any atom is 0.146 e. The number of rotatable bonds is 9. The van der Waals surface area contributed by atoms with Gasteiger partial charge < -0.3 is 9.47 Å². The molecule has 0 aliphatic heterocycles. The third-order valence-corrected chi connectivity index (χ3v) is 5.42. The van der Waals surface area contributed by atoms with E-state index in [4.69, 9.17) is 21.1 Å². The van der Waals surface area contributed by atoms with E-state index in [2.05, 4.69) is 15.9 Å². The third kappa shape index (κ3) is 4.65. The zero-order chi connectivity index (χ0) is 18.4. The Morgan fingerprint density at radius 1 is 1.08 bits per heavy atom. The van der Waals surface area contributed by atoms with Crippen molar-refractivity contribution in [3.8, 4) is 17.2 Å². The van der Waals surface area contributed by atoms with Gasteiger partial charge in [-0.1, -0.05) is 37.8 Å². The lowest BCUT2D eigenvalue weighted by Crippen LogP contribution is -1.90. The van der Waals surface area contributed by atoms with Gasteiger partial charge in [0.15, 0.2) is 0 Å². The average molecular weight is 391 g/mol. The molecule has 0 radical (unpaired) electrons. The number of ether oxygens (including phenoxy) is 2. The molecular weight excluding hydrogens is 368 g/mol. The van der Waals surface area contributed by atoms with Crippen molar-refractivity contribution in [2.24, 2.45) is 0 Å². The van der Waals surface area contributed by atoms with Crippen LogP contribution in [0.25, 0.3) is 11.0 Å². The SMILES string of the molecule is CCCCCCSn1cnc2ccc(Oc3ccc(OC)cc3Cl)cc21. The molecule has 3 rings (SSSR count). The number of imidazole rings is 1. The third-order valence-electron chi connectivity index (χ3n) is 4.08. The summed E-state index contributed by atoms with van der Waals surface area (Å²) in [5, 5.41) is 0.517. The topological polar surface area (TPSA) is 36.3 Å². The number of aromatic nitrogens is 2. The molecule has 1 aromatic heterocycles. The molecule has 0 bridgehead atoms. The molecule has 0 saturated heterocycles. The first-order chi connectivity index (χ1) is 12.7. The van der Waals surface area contributed by atoms with Crippen LogP contribution in [-0.4, -0.2) is 21.8 Å². The molecule has 6 heteroatoms. The number of unbranched alkanes of at least 4 members (excludes halogenated alkanes) is 3. The Morgan fingerprint density at radius 2 is 1.92 bits per heavy atom. The molecule has 0 fully saturated rings. The predicted octanol–water partition coefficient (Wildman–Crippen LogP) is 6.57. The number of benzene rings is 2. The van der Waals surface area contributed by atoms with Crippen LogP contribution in [-0.2, 0) is 0 Å². The first-order valence-corrected chi connectivity index (χ1v) is 10.1. The Labute approximate surface area is 163 Å². The van der Waals surface area contributed by atoms with E-state index >= 15 is 0 Å². The van der Waals surface area contributed by atoms with Gasteiger partial charge in [-0.15, -0.1) is 0 Å². The fourth-order valence-electron chi connectivity index (χ4n) is 2.64. The normalized spacial score (nSPS) is 11.0. The van der Waals surface area contributed by atoms with Crippen molar-refractivity contribution in [2.45, 2.75) is 32.6 Å². The maximum atomic E-state index is 6.27. The standard InChI is InChI=1S/C20H23ClN2O2S/c1-3-4-5-6-11-26-23-14-22-18-9-7-16(13-19(18)23)25-20-10-8-15(24-2)12-17(20)21/h7-10,12-14H,3-6,11H2,1-2H3. The summed E-state index contributed by atoms with van der Waals surface area (Å²) in [5.74, 6) is 3.12. The summed E-state index contributed by atoms with van der Waals surface area (Å²) in [5.41, 5.74) is 2.01. The summed E-state index contributed by atoms with van der Waals surface area (Å²) in [6.45, 7) is 2.23. The van der Waals surface area contributed by atoms with Crippen LogP contribution in [0, 0.1) is 0 Å². The van der Waals surface area contributed by atoms with Crippen molar-refractivity contribution in [3.63, 3.8) is 0 Å². The van der Waals surface area contributed by atoms with E-state index < -0.39 is 0 Å². The predicted molar refractivity (Wildman–Crippen MR) is 110 cm³/mol. The van der Waals surface area contributed by atoms with Crippen LogP contribution in [0.4, 0.5) is 0 Å². The van der Waals surface area contributed by atoms with Gasteiger partial charge in [-0.3, -0.25) is 3.97 Å². The van der Waals surface area contributed by atoms with Gasteiger partial charge >= 0.3 is 0 Å². The van der Waals surface area contributed by atoms with E-state index in [0.717, 1.165) is 22.5 Å². The summed E-state index contributed by atoms with van der Waals surface area (Å²) >= 11 is 8.06.